The lowest BCUT2D eigenvalue weighted by molar-refractivity contribution is 0.0530. The fraction of sp³-hybridized carbons (Fsp3) is 0.786. The van der Waals surface area contributed by atoms with E-state index in [1.165, 1.54) is 45.1 Å². The summed E-state index contributed by atoms with van der Waals surface area (Å²) in [5.41, 5.74) is 1.11. The van der Waals surface area contributed by atoms with E-state index in [1.54, 1.807) is 0 Å². The van der Waals surface area contributed by atoms with Gasteiger partial charge in [-0.2, -0.15) is 0 Å². The summed E-state index contributed by atoms with van der Waals surface area (Å²) >= 11 is 0. The normalized spacial score (nSPS) is 30.2. The minimum absolute atomic E-state index is 0.814. The van der Waals surface area contributed by atoms with E-state index < -0.39 is 0 Å². The van der Waals surface area contributed by atoms with Crippen LogP contribution in [-0.4, -0.2) is 22.6 Å². The third kappa shape index (κ3) is 2.39. The van der Waals surface area contributed by atoms with Crippen molar-refractivity contribution in [1.29, 1.82) is 0 Å². The Bertz CT molecular complexity index is 372. The molecule has 3 heteroatoms. The van der Waals surface area contributed by atoms with Crippen molar-refractivity contribution in [3.63, 3.8) is 0 Å². The molecule has 1 saturated heterocycles. The third-order valence-corrected chi connectivity index (χ3v) is 4.40. The van der Waals surface area contributed by atoms with Gasteiger partial charge in [0.1, 0.15) is 5.76 Å². The molecule has 1 aromatic heterocycles. The zero-order valence-corrected chi connectivity index (χ0v) is 10.7. The lowest BCUT2D eigenvalue weighted by atomic mass is 9.78. The number of hydrogen-bond acceptors (Lipinski definition) is 3. The molecule has 2 fully saturated rings. The zero-order valence-electron chi connectivity index (χ0n) is 10.7. The molecule has 2 heterocycles. The minimum atomic E-state index is 0.814. The number of piperidine rings is 1. The van der Waals surface area contributed by atoms with Gasteiger partial charge in [0.2, 0.25) is 0 Å². The van der Waals surface area contributed by atoms with Crippen molar-refractivity contribution in [2.24, 2.45) is 5.92 Å². The molecule has 1 aromatic rings. The highest BCUT2D eigenvalue weighted by Gasteiger charge is 2.33. The number of aryl methyl sites for hydroxylation is 1. The summed E-state index contributed by atoms with van der Waals surface area (Å²) in [6.07, 6.45) is 8.49. The molecule has 0 bridgehead atoms. The molecule has 3 nitrogen and oxygen atoms in total. The molecule has 1 aliphatic carbocycles. The molecular weight excluding hydrogens is 212 g/mol. The van der Waals surface area contributed by atoms with E-state index in [2.05, 4.69) is 16.1 Å². The predicted octanol–water partition coefficient (Wildman–Crippen LogP) is 3.14. The largest absolute Gasteiger partial charge is 0.361 e. The molecule has 0 amide bonds. The Morgan fingerprint density at radius 1 is 1.29 bits per heavy atom. The molecule has 0 radical (unpaired) electrons. The second-order valence-electron chi connectivity index (χ2n) is 5.65. The van der Waals surface area contributed by atoms with E-state index in [1.807, 2.05) is 6.92 Å². The van der Waals surface area contributed by atoms with Gasteiger partial charge in [0.25, 0.3) is 0 Å². The van der Waals surface area contributed by atoms with Crippen molar-refractivity contribution in [1.82, 2.24) is 10.1 Å². The highest BCUT2D eigenvalue weighted by atomic mass is 16.5. The van der Waals surface area contributed by atoms with Gasteiger partial charge in [-0.1, -0.05) is 18.0 Å². The quantitative estimate of drug-likeness (QED) is 0.787. The molecule has 0 N–H and O–H groups in total. The van der Waals surface area contributed by atoms with Crippen LogP contribution in [0.4, 0.5) is 0 Å². The van der Waals surface area contributed by atoms with E-state index in [0.717, 1.165) is 30.0 Å². The molecule has 2 unspecified atom stereocenters. The zero-order chi connectivity index (χ0) is 11.7. The van der Waals surface area contributed by atoms with Crippen LogP contribution in [0, 0.1) is 12.8 Å². The summed E-state index contributed by atoms with van der Waals surface area (Å²) in [6, 6.07) is 2.89. The maximum Gasteiger partial charge on any atom is 0.133 e. The Morgan fingerprint density at radius 2 is 2.12 bits per heavy atom. The molecule has 3 rings (SSSR count). The van der Waals surface area contributed by atoms with E-state index in [-0.39, 0.29) is 0 Å². The van der Waals surface area contributed by atoms with Crippen molar-refractivity contribution in [3.05, 3.63) is 17.5 Å². The van der Waals surface area contributed by atoms with Gasteiger partial charge < -0.3 is 4.52 Å². The number of hydrogen-bond donors (Lipinski definition) is 0. The first-order valence-electron chi connectivity index (χ1n) is 6.99. The predicted molar refractivity (Wildman–Crippen MR) is 66.6 cm³/mol. The molecule has 2 aliphatic rings. The first-order chi connectivity index (χ1) is 8.33. The van der Waals surface area contributed by atoms with Crippen LogP contribution >= 0.6 is 0 Å². The summed E-state index contributed by atoms with van der Waals surface area (Å²) in [6.45, 7) is 4.20. The van der Waals surface area contributed by atoms with Crippen LogP contribution in [0.2, 0.25) is 0 Å². The van der Waals surface area contributed by atoms with Crippen LogP contribution in [0.25, 0.3) is 0 Å². The minimum Gasteiger partial charge on any atom is -0.361 e. The first-order valence-corrected chi connectivity index (χ1v) is 6.99. The van der Waals surface area contributed by atoms with Gasteiger partial charge in [-0.25, -0.2) is 0 Å². The van der Waals surface area contributed by atoms with Crippen molar-refractivity contribution in [2.45, 2.75) is 58.0 Å². The highest BCUT2D eigenvalue weighted by Crippen LogP contribution is 2.35. The van der Waals surface area contributed by atoms with Crippen LogP contribution in [0.1, 0.15) is 50.0 Å². The SMILES string of the molecule is Cc1cc(CN2CCCC3CCCCC32)no1. The van der Waals surface area contributed by atoms with Gasteiger partial charge >= 0.3 is 0 Å². The highest BCUT2D eigenvalue weighted by molar-refractivity contribution is 5.04. The van der Waals surface area contributed by atoms with Gasteiger partial charge in [-0.15, -0.1) is 0 Å². The number of fused-ring (bicyclic) bond motifs is 1. The van der Waals surface area contributed by atoms with E-state index >= 15 is 0 Å². The molecule has 0 spiro atoms. The number of aromatic nitrogens is 1. The van der Waals surface area contributed by atoms with Crippen molar-refractivity contribution >= 4 is 0 Å². The van der Waals surface area contributed by atoms with Crippen LogP contribution < -0.4 is 0 Å². The standard InChI is InChI=1S/C14H22N2O/c1-11-9-13(15-17-11)10-16-8-4-6-12-5-2-3-7-14(12)16/h9,12,14H,2-8,10H2,1H3. The van der Waals surface area contributed by atoms with E-state index in [4.69, 9.17) is 4.52 Å². The first kappa shape index (κ1) is 11.3. The number of likely N-dealkylation sites (tertiary alicyclic amines) is 1. The summed E-state index contributed by atoms with van der Waals surface area (Å²) in [4.78, 5) is 2.64. The average Bonchev–Trinajstić information content (AvgIpc) is 2.75. The maximum atomic E-state index is 5.17. The molecule has 1 saturated carbocycles. The van der Waals surface area contributed by atoms with Gasteiger partial charge in [-0.05, 0) is 45.1 Å². The van der Waals surface area contributed by atoms with Gasteiger partial charge in [0.05, 0.1) is 5.69 Å². The molecule has 94 valence electrons. The van der Waals surface area contributed by atoms with Crippen molar-refractivity contribution < 1.29 is 4.52 Å². The van der Waals surface area contributed by atoms with Gasteiger partial charge in [0, 0.05) is 18.7 Å². The Labute approximate surface area is 103 Å². The summed E-state index contributed by atoms with van der Waals surface area (Å²) in [7, 11) is 0. The molecule has 1 aliphatic heterocycles. The topological polar surface area (TPSA) is 29.3 Å². The fourth-order valence-electron chi connectivity index (χ4n) is 3.62. The third-order valence-electron chi connectivity index (χ3n) is 4.40. The lowest BCUT2D eigenvalue weighted by Crippen LogP contribution is -2.46. The fourth-order valence-corrected chi connectivity index (χ4v) is 3.62. The summed E-state index contributed by atoms with van der Waals surface area (Å²) < 4.78 is 5.17. The Hall–Kier alpha value is -0.830. The Morgan fingerprint density at radius 3 is 2.94 bits per heavy atom. The number of rotatable bonds is 2. The second kappa shape index (κ2) is 4.81. The van der Waals surface area contributed by atoms with Crippen molar-refractivity contribution in [2.75, 3.05) is 6.54 Å². The van der Waals surface area contributed by atoms with Crippen LogP contribution in [0.5, 0.6) is 0 Å². The number of nitrogens with zero attached hydrogens (tertiary/aromatic N) is 2. The van der Waals surface area contributed by atoms with Crippen molar-refractivity contribution in [3.8, 4) is 0 Å². The summed E-state index contributed by atoms with van der Waals surface area (Å²) in [5.74, 6) is 1.88. The smallest absolute Gasteiger partial charge is 0.133 e. The van der Waals surface area contributed by atoms with Gasteiger partial charge in [-0.3, -0.25) is 4.90 Å². The molecule has 17 heavy (non-hydrogen) atoms. The Balaban J connectivity index is 1.68. The maximum absolute atomic E-state index is 5.17. The Kier molecular flexibility index (Phi) is 3.19. The van der Waals surface area contributed by atoms with E-state index in [9.17, 15) is 0 Å². The average molecular weight is 234 g/mol. The van der Waals surface area contributed by atoms with Crippen LogP contribution in [0.15, 0.2) is 10.6 Å². The second-order valence-corrected chi connectivity index (χ2v) is 5.65. The molecule has 0 aromatic carbocycles. The van der Waals surface area contributed by atoms with Gasteiger partial charge in [0.15, 0.2) is 0 Å². The summed E-state index contributed by atoms with van der Waals surface area (Å²) in [5, 5.41) is 4.13. The monoisotopic (exact) mass is 234 g/mol. The lowest BCUT2D eigenvalue weighted by Gasteiger charge is -2.43. The molecular formula is C14H22N2O. The van der Waals surface area contributed by atoms with Crippen LogP contribution in [0.3, 0.4) is 0 Å². The van der Waals surface area contributed by atoms with Crippen LogP contribution in [-0.2, 0) is 6.54 Å². The molecule has 2 atom stereocenters. The van der Waals surface area contributed by atoms with E-state index in [0.29, 0.717) is 0 Å².